The summed E-state index contributed by atoms with van der Waals surface area (Å²) in [6, 6.07) is 0. The van der Waals surface area contributed by atoms with Crippen molar-refractivity contribution >= 4 is 0 Å². The van der Waals surface area contributed by atoms with Crippen LogP contribution in [-0.4, -0.2) is 23.9 Å². The molecule has 0 amide bonds. The van der Waals surface area contributed by atoms with E-state index in [0.717, 1.165) is 0 Å². The van der Waals surface area contributed by atoms with Gasteiger partial charge >= 0.3 is 5.79 Å². The van der Waals surface area contributed by atoms with Gasteiger partial charge in [0.25, 0.3) is 0 Å². The van der Waals surface area contributed by atoms with E-state index in [1.807, 2.05) is 0 Å². The Morgan fingerprint density at radius 2 is 2.25 bits per heavy atom. The molecule has 0 N–H and O–H groups in total. The van der Waals surface area contributed by atoms with E-state index >= 15 is 0 Å². The second-order valence-electron chi connectivity index (χ2n) is 1.67. The van der Waals surface area contributed by atoms with Crippen molar-refractivity contribution in [3.05, 3.63) is 10.1 Å². The van der Waals surface area contributed by atoms with Gasteiger partial charge in [-0.05, 0) is 0 Å². The van der Waals surface area contributed by atoms with Crippen LogP contribution >= 0.6 is 0 Å². The van der Waals surface area contributed by atoms with Crippen LogP contribution in [0, 0.1) is 10.1 Å². The Balaban J connectivity index is 2.53. The van der Waals surface area contributed by atoms with Gasteiger partial charge in [0.05, 0.1) is 4.92 Å². The molecule has 0 atom stereocenters. The molecule has 4 nitrogen and oxygen atoms in total. The fourth-order valence-corrected chi connectivity index (χ4v) is 0.376. The van der Waals surface area contributed by atoms with E-state index in [1.54, 1.807) is 0 Å². The summed E-state index contributed by atoms with van der Waals surface area (Å²) in [7, 11) is 0. The van der Waals surface area contributed by atoms with Crippen LogP contribution in [0.5, 0.6) is 0 Å². The largest absolute Gasteiger partial charge is 0.403 e. The lowest BCUT2D eigenvalue weighted by atomic mass is 10.2. The van der Waals surface area contributed by atoms with Crippen molar-refractivity contribution in [2.45, 2.75) is 5.79 Å². The smallest absolute Gasteiger partial charge is 0.360 e. The molecule has 1 saturated heterocycles. The molecule has 1 aliphatic rings. The number of hydrogen-bond acceptors (Lipinski definition) is 3. The van der Waals surface area contributed by atoms with E-state index in [1.165, 1.54) is 0 Å². The maximum atomic E-state index is 12.2. The number of ether oxygens (including phenoxy) is 1. The molecule has 0 unspecified atom stereocenters. The monoisotopic (exact) mass is 121 g/mol. The van der Waals surface area contributed by atoms with Crippen LogP contribution in [0.25, 0.3) is 0 Å². The zero-order valence-corrected chi connectivity index (χ0v) is 3.96. The molecule has 0 aromatic heterocycles. The van der Waals surface area contributed by atoms with Crippen LogP contribution < -0.4 is 0 Å². The van der Waals surface area contributed by atoms with Crippen LogP contribution in [0.15, 0.2) is 0 Å². The summed E-state index contributed by atoms with van der Waals surface area (Å²) in [5, 5.41) is 9.65. The molecule has 0 radical (unpaired) electrons. The molecule has 1 rings (SSSR count). The summed E-state index contributed by atoms with van der Waals surface area (Å²) in [6.07, 6.45) is 0. The molecule has 0 aliphatic carbocycles. The highest BCUT2D eigenvalue weighted by Crippen LogP contribution is 2.21. The summed E-state index contributed by atoms with van der Waals surface area (Å²) in [5.41, 5.74) is 0. The minimum absolute atomic E-state index is 0.403. The Morgan fingerprint density at radius 3 is 2.25 bits per heavy atom. The lowest BCUT2D eigenvalue weighted by Crippen LogP contribution is -2.51. The van der Waals surface area contributed by atoms with E-state index in [-0.39, 0.29) is 0 Å². The van der Waals surface area contributed by atoms with Crippen LogP contribution in [0.2, 0.25) is 0 Å². The molecule has 0 saturated carbocycles. The number of rotatable bonds is 1. The summed E-state index contributed by atoms with van der Waals surface area (Å²) >= 11 is 0. The van der Waals surface area contributed by atoms with E-state index in [4.69, 9.17) is 0 Å². The topological polar surface area (TPSA) is 52.4 Å². The van der Waals surface area contributed by atoms with E-state index in [9.17, 15) is 14.5 Å². The van der Waals surface area contributed by atoms with Gasteiger partial charge in [0.15, 0.2) is 13.2 Å². The minimum Gasteiger partial charge on any atom is -0.360 e. The SMILES string of the molecule is O=[N+]([O-])C1(F)COC1. The maximum absolute atomic E-state index is 12.2. The highest BCUT2D eigenvalue weighted by molar-refractivity contribution is 4.72. The van der Waals surface area contributed by atoms with Crippen LogP contribution in [0.4, 0.5) is 4.39 Å². The highest BCUT2D eigenvalue weighted by Gasteiger charge is 2.51. The van der Waals surface area contributed by atoms with E-state index < -0.39 is 23.9 Å². The number of hydrogen-bond donors (Lipinski definition) is 0. The highest BCUT2D eigenvalue weighted by atomic mass is 19.1. The first kappa shape index (κ1) is 5.43. The Morgan fingerprint density at radius 1 is 1.75 bits per heavy atom. The van der Waals surface area contributed by atoms with Crippen molar-refractivity contribution in [1.82, 2.24) is 0 Å². The summed E-state index contributed by atoms with van der Waals surface area (Å²) < 4.78 is 16.5. The van der Waals surface area contributed by atoms with E-state index in [0.29, 0.717) is 0 Å². The molecule has 1 fully saturated rings. The van der Waals surface area contributed by atoms with Gasteiger partial charge in [-0.1, -0.05) is 0 Å². The predicted octanol–water partition coefficient (Wildman–Crippen LogP) is -0.0409. The van der Waals surface area contributed by atoms with E-state index in [2.05, 4.69) is 4.74 Å². The van der Waals surface area contributed by atoms with Gasteiger partial charge in [-0.3, -0.25) is 10.1 Å². The third-order valence-corrected chi connectivity index (χ3v) is 0.974. The Labute approximate surface area is 44.4 Å². The molecule has 5 heteroatoms. The van der Waals surface area contributed by atoms with Crippen molar-refractivity contribution in [1.29, 1.82) is 0 Å². The zero-order chi connectivity index (χ0) is 6.20. The second kappa shape index (κ2) is 1.38. The van der Waals surface area contributed by atoms with Crippen molar-refractivity contribution in [2.24, 2.45) is 0 Å². The van der Waals surface area contributed by atoms with Gasteiger partial charge in [-0.25, -0.2) is 0 Å². The fraction of sp³-hybridized carbons (Fsp3) is 1.00. The molecule has 0 aromatic rings. The zero-order valence-electron chi connectivity index (χ0n) is 3.96. The summed E-state index contributed by atoms with van der Waals surface area (Å²) in [5.74, 6) is -2.28. The summed E-state index contributed by atoms with van der Waals surface area (Å²) in [6.45, 7) is -0.806. The lowest BCUT2D eigenvalue weighted by Gasteiger charge is -2.24. The second-order valence-corrected chi connectivity index (χ2v) is 1.67. The fourth-order valence-electron chi connectivity index (χ4n) is 0.376. The van der Waals surface area contributed by atoms with Crippen LogP contribution in [-0.2, 0) is 4.74 Å². The predicted molar refractivity (Wildman–Crippen MR) is 21.7 cm³/mol. The molecule has 0 aromatic carbocycles. The quantitative estimate of drug-likeness (QED) is 0.278. The summed E-state index contributed by atoms with van der Waals surface area (Å²) in [4.78, 5) is 8.69. The number of nitro groups is 1. The van der Waals surface area contributed by atoms with Crippen molar-refractivity contribution < 1.29 is 14.1 Å². The molecular formula is C3H4FNO3. The third-order valence-electron chi connectivity index (χ3n) is 0.974. The lowest BCUT2D eigenvalue weighted by molar-refractivity contribution is -0.639. The standard InChI is InChI=1S/C3H4FNO3/c4-3(5(6)7)1-8-2-3/h1-2H2. The third kappa shape index (κ3) is 0.551. The Bertz CT molecular complexity index is 122. The average Bonchev–Trinajstić information content (AvgIpc) is 1.60. The Hall–Kier alpha value is -0.710. The molecule has 46 valence electrons. The van der Waals surface area contributed by atoms with Crippen molar-refractivity contribution in [3.8, 4) is 0 Å². The molecule has 8 heavy (non-hydrogen) atoms. The molecule has 0 spiro atoms. The number of alkyl halides is 1. The minimum atomic E-state index is -2.28. The van der Waals surface area contributed by atoms with Gasteiger partial charge in [-0.15, -0.1) is 0 Å². The first-order valence-electron chi connectivity index (χ1n) is 2.06. The first-order valence-corrected chi connectivity index (χ1v) is 2.06. The average molecular weight is 121 g/mol. The number of halogens is 1. The molecule has 1 heterocycles. The van der Waals surface area contributed by atoms with Gasteiger partial charge in [0, 0.05) is 0 Å². The molecular weight excluding hydrogens is 117 g/mol. The van der Waals surface area contributed by atoms with Crippen molar-refractivity contribution in [2.75, 3.05) is 13.2 Å². The Kier molecular flexibility index (Phi) is 0.937. The van der Waals surface area contributed by atoms with Gasteiger partial charge in [-0.2, -0.15) is 4.39 Å². The van der Waals surface area contributed by atoms with Gasteiger partial charge < -0.3 is 4.74 Å². The molecule has 0 bridgehead atoms. The normalized spacial score (nSPS) is 24.1. The first-order chi connectivity index (χ1) is 3.65. The van der Waals surface area contributed by atoms with Gasteiger partial charge in [0.1, 0.15) is 0 Å². The maximum Gasteiger partial charge on any atom is 0.403 e. The molecule has 1 aliphatic heterocycles. The van der Waals surface area contributed by atoms with Crippen LogP contribution in [0.1, 0.15) is 0 Å². The van der Waals surface area contributed by atoms with Gasteiger partial charge in [0.2, 0.25) is 0 Å². The van der Waals surface area contributed by atoms with Crippen LogP contribution in [0.3, 0.4) is 0 Å². The number of nitrogens with zero attached hydrogens (tertiary/aromatic N) is 1. The van der Waals surface area contributed by atoms with Crippen molar-refractivity contribution in [3.63, 3.8) is 0 Å².